The maximum absolute atomic E-state index is 13.5. The van der Waals surface area contributed by atoms with E-state index in [9.17, 15) is 17.6 Å². The Hall–Kier alpha value is -2.41. The Bertz CT molecular complexity index is 895. The van der Waals surface area contributed by atoms with Crippen molar-refractivity contribution in [1.29, 1.82) is 0 Å². The van der Waals surface area contributed by atoms with Crippen LogP contribution in [0.15, 0.2) is 42.5 Å². The molecule has 1 saturated heterocycles. The first-order valence-corrected chi connectivity index (χ1v) is 9.66. The van der Waals surface area contributed by atoms with E-state index in [0.29, 0.717) is 35.5 Å². The Morgan fingerprint density at radius 3 is 2.48 bits per heavy atom. The quantitative estimate of drug-likeness (QED) is 0.911. The van der Waals surface area contributed by atoms with Gasteiger partial charge in [0.15, 0.2) is 0 Å². The molecular formula is C18H19FN2O3S. The van der Waals surface area contributed by atoms with E-state index >= 15 is 0 Å². The molecule has 0 spiro atoms. The number of halogens is 1. The van der Waals surface area contributed by atoms with Crippen molar-refractivity contribution in [2.45, 2.75) is 19.8 Å². The molecule has 0 aromatic heterocycles. The minimum Gasteiger partial charge on any atom is -0.322 e. The van der Waals surface area contributed by atoms with Crippen LogP contribution in [0.25, 0.3) is 0 Å². The number of benzene rings is 2. The standard InChI is InChI=1S/C18H19FN2O3S/c1-13-4-7-15(12-17(13)19)20-18(22)14-5-8-16(9-6-14)21-10-2-3-11-25(21,23)24/h4-9,12H,2-3,10-11H2,1H3,(H,20,22). The summed E-state index contributed by atoms with van der Waals surface area (Å²) in [6, 6.07) is 10.9. The third-order valence-electron chi connectivity index (χ3n) is 4.20. The summed E-state index contributed by atoms with van der Waals surface area (Å²) < 4.78 is 39.2. The lowest BCUT2D eigenvalue weighted by atomic mass is 10.1. The Morgan fingerprint density at radius 2 is 1.84 bits per heavy atom. The van der Waals surface area contributed by atoms with Crippen molar-refractivity contribution in [2.24, 2.45) is 0 Å². The van der Waals surface area contributed by atoms with Crippen molar-refractivity contribution >= 4 is 27.3 Å². The fourth-order valence-corrected chi connectivity index (χ4v) is 4.37. The van der Waals surface area contributed by atoms with E-state index in [2.05, 4.69) is 5.32 Å². The molecule has 1 heterocycles. The van der Waals surface area contributed by atoms with Crippen LogP contribution in [0, 0.1) is 12.7 Å². The molecule has 0 aliphatic carbocycles. The second kappa shape index (κ2) is 6.84. The highest BCUT2D eigenvalue weighted by atomic mass is 32.2. The van der Waals surface area contributed by atoms with Crippen molar-refractivity contribution in [3.8, 4) is 0 Å². The lowest BCUT2D eigenvalue weighted by Gasteiger charge is -2.28. The average molecular weight is 362 g/mol. The predicted molar refractivity (Wildman–Crippen MR) is 95.9 cm³/mol. The summed E-state index contributed by atoms with van der Waals surface area (Å²) in [5.41, 5.74) is 1.80. The fraction of sp³-hybridized carbons (Fsp3) is 0.278. The topological polar surface area (TPSA) is 66.5 Å². The molecule has 0 bridgehead atoms. The third-order valence-corrected chi connectivity index (χ3v) is 6.07. The third kappa shape index (κ3) is 3.82. The predicted octanol–water partition coefficient (Wildman–Crippen LogP) is 3.32. The average Bonchev–Trinajstić information content (AvgIpc) is 2.58. The monoisotopic (exact) mass is 362 g/mol. The number of aryl methyl sites for hydroxylation is 1. The fourth-order valence-electron chi connectivity index (χ4n) is 2.73. The summed E-state index contributed by atoms with van der Waals surface area (Å²) in [5, 5.41) is 2.63. The zero-order chi connectivity index (χ0) is 18.0. The van der Waals surface area contributed by atoms with Gasteiger partial charge < -0.3 is 5.32 Å². The summed E-state index contributed by atoms with van der Waals surface area (Å²) in [4.78, 5) is 12.3. The molecule has 1 N–H and O–H groups in total. The summed E-state index contributed by atoms with van der Waals surface area (Å²) in [6.07, 6.45) is 1.49. The van der Waals surface area contributed by atoms with Crippen LogP contribution in [0.3, 0.4) is 0 Å². The van der Waals surface area contributed by atoms with Crippen LogP contribution in [0.1, 0.15) is 28.8 Å². The highest BCUT2D eigenvalue weighted by molar-refractivity contribution is 7.92. The molecule has 3 rings (SSSR count). The summed E-state index contributed by atoms with van der Waals surface area (Å²) in [5.74, 6) is -0.617. The van der Waals surface area contributed by atoms with Crippen LogP contribution in [0.5, 0.6) is 0 Å². The number of rotatable bonds is 3. The Morgan fingerprint density at radius 1 is 1.12 bits per heavy atom. The molecule has 7 heteroatoms. The minimum absolute atomic E-state index is 0.147. The molecule has 0 unspecified atom stereocenters. The molecule has 1 aliphatic rings. The van der Waals surface area contributed by atoms with E-state index in [-0.39, 0.29) is 17.5 Å². The van der Waals surface area contributed by atoms with Crippen molar-refractivity contribution < 1.29 is 17.6 Å². The van der Waals surface area contributed by atoms with Gasteiger partial charge in [-0.25, -0.2) is 12.8 Å². The van der Waals surface area contributed by atoms with Gasteiger partial charge in [0, 0.05) is 17.8 Å². The molecule has 0 atom stereocenters. The van der Waals surface area contributed by atoms with Gasteiger partial charge >= 0.3 is 0 Å². The van der Waals surface area contributed by atoms with Crippen LogP contribution in [0.4, 0.5) is 15.8 Å². The molecule has 1 amide bonds. The first-order valence-electron chi connectivity index (χ1n) is 8.05. The van der Waals surface area contributed by atoms with E-state index in [1.165, 1.54) is 10.4 Å². The van der Waals surface area contributed by atoms with Crippen molar-refractivity contribution in [2.75, 3.05) is 21.9 Å². The van der Waals surface area contributed by atoms with Gasteiger partial charge in [-0.15, -0.1) is 0 Å². The number of carbonyl (C=O) groups is 1. The number of carbonyl (C=O) groups excluding carboxylic acids is 1. The molecule has 25 heavy (non-hydrogen) atoms. The van der Waals surface area contributed by atoms with Crippen molar-refractivity contribution in [3.63, 3.8) is 0 Å². The van der Waals surface area contributed by atoms with Gasteiger partial charge in [0.25, 0.3) is 5.91 Å². The van der Waals surface area contributed by atoms with E-state index in [1.807, 2.05) is 0 Å². The number of hydrogen-bond acceptors (Lipinski definition) is 3. The Labute approximate surface area is 146 Å². The molecule has 1 aliphatic heterocycles. The summed E-state index contributed by atoms with van der Waals surface area (Å²) in [6.45, 7) is 2.10. The number of anilines is 2. The zero-order valence-electron chi connectivity index (χ0n) is 13.8. The van der Waals surface area contributed by atoms with E-state index < -0.39 is 10.0 Å². The van der Waals surface area contributed by atoms with Crippen LogP contribution in [-0.4, -0.2) is 26.6 Å². The van der Waals surface area contributed by atoms with Crippen molar-refractivity contribution in [1.82, 2.24) is 0 Å². The molecule has 0 radical (unpaired) electrons. The van der Waals surface area contributed by atoms with Crippen LogP contribution in [-0.2, 0) is 10.0 Å². The lowest BCUT2D eigenvalue weighted by molar-refractivity contribution is 0.102. The number of nitrogens with one attached hydrogen (secondary N) is 1. The molecule has 0 saturated carbocycles. The minimum atomic E-state index is -3.28. The summed E-state index contributed by atoms with van der Waals surface area (Å²) >= 11 is 0. The molecule has 132 valence electrons. The van der Waals surface area contributed by atoms with Gasteiger partial charge in [0.2, 0.25) is 10.0 Å². The molecule has 2 aromatic carbocycles. The van der Waals surface area contributed by atoms with E-state index in [1.54, 1.807) is 43.3 Å². The largest absolute Gasteiger partial charge is 0.322 e. The Kier molecular flexibility index (Phi) is 4.76. The van der Waals surface area contributed by atoms with Gasteiger partial charge in [-0.2, -0.15) is 0 Å². The highest BCUT2D eigenvalue weighted by Crippen LogP contribution is 2.24. The second-order valence-corrected chi connectivity index (χ2v) is 8.07. The first kappa shape index (κ1) is 17.4. The van der Waals surface area contributed by atoms with Gasteiger partial charge in [-0.3, -0.25) is 9.10 Å². The van der Waals surface area contributed by atoms with Crippen LogP contribution >= 0.6 is 0 Å². The van der Waals surface area contributed by atoms with Gasteiger partial charge in [0.05, 0.1) is 11.4 Å². The number of nitrogens with zero attached hydrogens (tertiary/aromatic N) is 1. The zero-order valence-corrected chi connectivity index (χ0v) is 14.6. The molecular weight excluding hydrogens is 343 g/mol. The van der Waals surface area contributed by atoms with E-state index in [0.717, 1.165) is 6.42 Å². The SMILES string of the molecule is Cc1ccc(NC(=O)c2ccc(N3CCCCS3(=O)=O)cc2)cc1F. The first-order chi connectivity index (χ1) is 11.9. The maximum Gasteiger partial charge on any atom is 0.255 e. The van der Waals surface area contributed by atoms with Gasteiger partial charge in [-0.1, -0.05) is 6.07 Å². The molecule has 5 nitrogen and oxygen atoms in total. The summed E-state index contributed by atoms with van der Waals surface area (Å²) in [7, 11) is -3.28. The number of hydrogen-bond donors (Lipinski definition) is 1. The molecule has 2 aromatic rings. The Balaban J connectivity index is 1.75. The van der Waals surface area contributed by atoms with Crippen LogP contribution < -0.4 is 9.62 Å². The van der Waals surface area contributed by atoms with Crippen LogP contribution in [0.2, 0.25) is 0 Å². The highest BCUT2D eigenvalue weighted by Gasteiger charge is 2.26. The van der Waals surface area contributed by atoms with Gasteiger partial charge in [-0.05, 0) is 61.7 Å². The normalized spacial score (nSPS) is 16.5. The van der Waals surface area contributed by atoms with Crippen molar-refractivity contribution in [3.05, 3.63) is 59.4 Å². The van der Waals surface area contributed by atoms with E-state index in [4.69, 9.17) is 0 Å². The maximum atomic E-state index is 13.5. The molecule has 1 fully saturated rings. The van der Waals surface area contributed by atoms with Gasteiger partial charge in [0.1, 0.15) is 5.82 Å². The number of sulfonamides is 1. The second-order valence-electron chi connectivity index (χ2n) is 6.06. The lowest BCUT2D eigenvalue weighted by Crippen LogP contribution is -2.37. The smallest absolute Gasteiger partial charge is 0.255 e. The number of amides is 1.